The summed E-state index contributed by atoms with van der Waals surface area (Å²) in [5.74, 6) is -1.11. The largest absolute Gasteiger partial charge is 0.418 e. The van der Waals surface area contributed by atoms with Gasteiger partial charge in [0.2, 0.25) is 5.91 Å². The molecule has 22 heavy (non-hydrogen) atoms. The molecule has 1 amide bonds. The van der Waals surface area contributed by atoms with Crippen molar-refractivity contribution in [3.63, 3.8) is 0 Å². The van der Waals surface area contributed by atoms with Gasteiger partial charge < -0.3 is 9.47 Å². The zero-order chi connectivity index (χ0) is 16.8. The quantitative estimate of drug-likeness (QED) is 0.435. The molecular weight excluding hydrogens is 323 g/mol. The summed E-state index contributed by atoms with van der Waals surface area (Å²) in [6.07, 6.45) is -4.58. The minimum atomic E-state index is -4.58. The predicted molar refractivity (Wildman–Crippen MR) is 77.1 cm³/mol. The SMILES string of the molecule is COCCOCN(C(=O)CCl)c1c(C)cccc1C(F)(F)F. The first kappa shape index (κ1) is 18.7. The highest BCUT2D eigenvalue weighted by Crippen LogP contribution is 2.38. The van der Waals surface area contributed by atoms with Crippen molar-refractivity contribution in [3.8, 4) is 0 Å². The van der Waals surface area contributed by atoms with Crippen LogP contribution >= 0.6 is 11.6 Å². The number of hydrogen-bond donors (Lipinski definition) is 0. The molecule has 124 valence electrons. The third kappa shape index (κ3) is 4.86. The van der Waals surface area contributed by atoms with Crippen LogP contribution in [0.15, 0.2) is 18.2 Å². The number of carbonyl (C=O) groups excluding carboxylic acids is 1. The van der Waals surface area contributed by atoms with Crippen molar-refractivity contribution < 1.29 is 27.4 Å². The average molecular weight is 340 g/mol. The van der Waals surface area contributed by atoms with E-state index in [-0.39, 0.29) is 25.6 Å². The Morgan fingerprint density at radius 2 is 2.00 bits per heavy atom. The molecule has 0 radical (unpaired) electrons. The van der Waals surface area contributed by atoms with E-state index in [2.05, 4.69) is 0 Å². The van der Waals surface area contributed by atoms with Gasteiger partial charge in [-0.25, -0.2) is 0 Å². The fourth-order valence-electron chi connectivity index (χ4n) is 1.88. The summed E-state index contributed by atoms with van der Waals surface area (Å²) >= 11 is 5.50. The molecule has 0 saturated heterocycles. The summed E-state index contributed by atoms with van der Waals surface area (Å²) in [5.41, 5.74) is -0.831. The molecule has 0 aliphatic carbocycles. The number of carbonyl (C=O) groups is 1. The molecule has 8 heteroatoms. The number of amides is 1. The number of methoxy groups -OCH3 is 1. The fourth-order valence-corrected chi connectivity index (χ4v) is 2.02. The van der Waals surface area contributed by atoms with Crippen molar-refractivity contribution in [2.75, 3.05) is 37.8 Å². The highest BCUT2D eigenvalue weighted by Gasteiger charge is 2.36. The van der Waals surface area contributed by atoms with E-state index >= 15 is 0 Å². The third-order valence-electron chi connectivity index (χ3n) is 2.88. The second kappa shape index (κ2) is 8.36. The Morgan fingerprint density at radius 1 is 1.32 bits per heavy atom. The maximum atomic E-state index is 13.2. The maximum absolute atomic E-state index is 13.2. The van der Waals surface area contributed by atoms with E-state index < -0.39 is 23.5 Å². The van der Waals surface area contributed by atoms with Crippen molar-refractivity contribution >= 4 is 23.2 Å². The fraction of sp³-hybridized carbons (Fsp3) is 0.500. The molecule has 0 aliphatic rings. The number of halogens is 4. The van der Waals surface area contributed by atoms with Gasteiger partial charge in [0.25, 0.3) is 0 Å². The second-order valence-electron chi connectivity index (χ2n) is 4.45. The van der Waals surface area contributed by atoms with E-state index in [9.17, 15) is 18.0 Å². The van der Waals surface area contributed by atoms with Crippen LogP contribution in [0, 0.1) is 6.92 Å². The van der Waals surface area contributed by atoms with E-state index in [1.54, 1.807) is 0 Å². The molecule has 0 fully saturated rings. The average Bonchev–Trinajstić information content (AvgIpc) is 2.46. The number of benzene rings is 1. The highest BCUT2D eigenvalue weighted by atomic mass is 35.5. The standard InChI is InChI=1S/C14H17ClF3NO3/c1-10-4-3-5-11(14(16,17)18)13(10)19(12(20)8-15)9-22-7-6-21-2/h3-5H,6-9H2,1-2H3. The van der Waals surface area contributed by atoms with Crippen LogP contribution < -0.4 is 4.90 Å². The normalized spacial score (nSPS) is 11.5. The lowest BCUT2D eigenvalue weighted by atomic mass is 10.1. The van der Waals surface area contributed by atoms with Gasteiger partial charge in [0.1, 0.15) is 12.6 Å². The Bertz CT molecular complexity index is 509. The Hall–Kier alpha value is -1.31. The number of nitrogens with zero attached hydrogens (tertiary/aromatic N) is 1. The Morgan fingerprint density at radius 3 is 2.55 bits per heavy atom. The third-order valence-corrected chi connectivity index (χ3v) is 3.11. The van der Waals surface area contributed by atoms with Crippen LogP contribution in [0.3, 0.4) is 0 Å². The topological polar surface area (TPSA) is 38.8 Å². The zero-order valence-electron chi connectivity index (χ0n) is 12.2. The molecule has 0 spiro atoms. The summed E-state index contributed by atoms with van der Waals surface area (Å²) < 4.78 is 49.5. The van der Waals surface area contributed by atoms with Gasteiger partial charge in [0.15, 0.2) is 0 Å². The second-order valence-corrected chi connectivity index (χ2v) is 4.72. The summed E-state index contributed by atoms with van der Waals surface area (Å²) in [6, 6.07) is 3.71. The number of para-hydroxylation sites is 1. The monoisotopic (exact) mass is 339 g/mol. The molecule has 0 saturated carbocycles. The number of rotatable bonds is 7. The first-order valence-corrected chi connectivity index (χ1v) is 6.96. The van der Waals surface area contributed by atoms with Gasteiger partial charge >= 0.3 is 6.18 Å². The zero-order valence-corrected chi connectivity index (χ0v) is 13.0. The molecule has 1 rings (SSSR count). The molecule has 0 bridgehead atoms. The minimum Gasteiger partial charge on any atom is -0.382 e. The van der Waals surface area contributed by atoms with E-state index in [1.165, 1.54) is 26.2 Å². The van der Waals surface area contributed by atoms with Crippen LogP contribution in [0.4, 0.5) is 18.9 Å². The van der Waals surface area contributed by atoms with Crippen LogP contribution in [0.25, 0.3) is 0 Å². The van der Waals surface area contributed by atoms with Gasteiger partial charge in [-0.05, 0) is 18.6 Å². The van der Waals surface area contributed by atoms with Gasteiger partial charge in [-0.2, -0.15) is 13.2 Å². The summed E-state index contributed by atoms with van der Waals surface area (Å²) in [4.78, 5) is 12.8. The smallest absolute Gasteiger partial charge is 0.382 e. The number of alkyl halides is 4. The van der Waals surface area contributed by atoms with Crippen molar-refractivity contribution in [1.29, 1.82) is 0 Å². The number of hydrogen-bond acceptors (Lipinski definition) is 3. The Kier molecular flexibility index (Phi) is 7.12. The van der Waals surface area contributed by atoms with Crippen LogP contribution in [-0.4, -0.2) is 38.8 Å². The van der Waals surface area contributed by atoms with Crippen molar-refractivity contribution in [2.24, 2.45) is 0 Å². The molecule has 0 heterocycles. The molecule has 1 aromatic rings. The molecule has 1 aromatic carbocycles. The van der Waals surface area contributed by atoms with Crippen molar-refractivity contribution in [2.45, 2.75) is 13.1 Å². The minimum absolute atomic E-state index is 0.149. The Labute approximate surface area is 131 Å². The van der Waals surface area contributed by atoms with Gasteiger partial charge in [-0.3, -0.25) is 9.69 Å². The van der Waals surface area contributed by atoms with Crippen LogP contribution in [0.5, 0.6) is 0 Å². The first-order valence-electron chi connectivity index (χ1n) is 6.42. The molecule has 4 nitrogen and oxygen atoms in total. The molecule has 0 N–H and O–H groups in total. The van der Waals surface area contributed by atoms with Crippen LogP contribution in [0.2, 0.25) is 0 Å². The lowest BCUT2D eigenvalue weighted by Gasteiger charge is -2.27. The first-order chi connectivity index (χ1) is 10.3. The highest BCUT2D eigenvalue weighted by molar-refractivity contribution is 6.29. The maximum Gasteiger partial charge on any atom is 0.418 e. The molecule has 0 unspecified atom stereocenters. The summed E-state index contributed by atoms with van der Waals surface area (Å²) in [5, 5.41) is 0. The van der Waals surface area contributed by atoms with Gasteiger partial charge in [0.05, 0.1) is 24.5 Å². The summed E-state index contributed by atoms with van der Waals surface area (Å²) in [7, 11) is 1.47. The molecular formula is C14H17ClF3NO3. The predicted octanol–water partition coefficient (Wildman–Crippen LogP) is 3.21. The molecule has 0 atom stereocenters. The van der Waals surface area contributed by atoms with Crippen molar-refractivity contribution in [3.05, 3.63) is 29.3 Å². The molecule has 0 aliphatic heterocycles. The van der Waals surface area contributed by atoms with E-state index in [4.69, 9.17) is 21.1 Å². The van der Waals surface area contributed by atoms with Gasteiger partial charge in [-0.1, -0.05) is 12.1 Å². The number of ether oxygens (including phenoxy) is 2. The van der Waals surface area contributed by atoms with Crippen molar-refractivity contribution in [1.82, 2.24) is 0 Å². The lowest BCUT2D eigenvalue weighted by Crippen LogP contribution is -2.36. The molecule has 0 aromatic heterocycles. The van der Waals surface area contributed by atoms with Crippen LogP contribution in [-0.2, 0) is 20.4 Å². The lowest BCUT2D eigenvalue weighted by molar-refractivity contribution is -0.137. The van der Waals surface area contributed by atoms with E-state index in [1.807, 2.05) is 0 Å². The number of aryl methyl sites for hydroxylation is 1. The summed E-state index contributed by atoms with van der Waals surface area (Å²) in [6.45, 7) is 1.58. The van der Waals surface area contributed by atoms with Crippen LogP contribution in [0.1, 0.15) is 11.1 Å². The van der Waals surface area contributed by atoms with Gasteiger partial charge in [-0.15, -0.1) is 11.6 Å². The van der Waals surface area contributed by atoms with E-state index in [0.29, 0.717) is 5.56 Å². The number of anilines is 1. The Balaban J connectivity index is 3.16. The van der Waals surface area contributed by atoms with E-state index in [0.717, 1.165) is 11.0 Å². The van der Waals surface area contributed by atoms with Gasteiger partial charge in [0, 0.05) is 7.11 Å².